The fourth-order valence-corrected chi connectivity index (χ4v) is 2.69. The molecular formula is C23H22N2O3. The summed E-state index contributed by atoms with van der Waals surface area (Å²) in [5, 5.41) is 2.83. The highest BCUT2D eigenvalue weighted by molar-refractivity contribution is 6.08. The number of ether oxygens (including phenoxy) is 1. The van der Waals surface area contributed by atoms with Crippen LogP contribution in [0.2, 0.25) is 0 Å². The number of carbonyl (C=O) groups excluding carboxylic acids is 2. The summed E-state index contributed by atoms with van der Waals surface area (Å²) >= 11 is 0. The van der Waals surface area contributed by atoms with Gasteiger partial charge in [0, 0.05) is 12.6 Å². The van der Waals surface area contributed by atoms with Crippen molar-refractivity contribution >= 4 is 17.5 Å². The van der Waals surface area contributed by atoms with E-state index in [-0.39, 0.29) is 11.8 Å². The Labute approximate surface area is 164 Å². The van der Waals surface area contributed by atoms with Crippen LogP contribution >= 0.6 is 0 Å². The molecule has 0 aromatic heterocycles. The molecule has 1 N–H and O–H groups in total. The minimum absolute atomic E-state index is 0.180. The maximum absolute atomic E-state index is 12.8. The van der Waals surface area contributed by atoms with Gasteiger partial charge in [0.25, 0.3) is 11.8 Å². The molecule has 0 spiro atoms. The van der Waals surface area contributed by atoms with Crippen LogP contribution in [0.25, 0.3) is 0 Å². The predicted molar refractivity (Wildman–Crippen MR) is 110 cm³/mol. The molecule has 3 aromatic carbocycles. The highest BCUT2D eigenvalue weighted by Crippen LogP contribution is 2.18. The fourth-order valence-electron chi connectivity index (χ4n) is 2.69. The quantitative estimate of drug-likeness (QED) is 0.678. The Morgan fingerprint density at radius 1 is 0.857 bits per heavy atom. The van der Waals surface area contributed by atoms with Gasteiger partial charge in [0.15, 0.2) is 0 Å². The van der Waals surface area contributed by atoms with Crippen LogP contribution in [0.3, 0.4) is 0 Å². The summed E-state index contributed by atoms with van der Waals surface area (Å²) < 4.78 is 5.65. The minimum atomic E-state index is -0.254. The molecule has 0 heterocycles. The number of carbonyl (C=O) groups is 2. The van der Waals surface area contributed by atoms with Gasteiger partial charge in [-0.05, 0) is 36.4 Å². The SMILES string of the molecule is CN(CCOc1ccccc1)C(=O)c1ccccc1NC(=O)c1ccccc1. The molecule has 5 nitrogen and oxygen atoms in total. The summed E-state index contributed by atoms with van der Waals surface area (Å²) in [4.78, 5) is 26.9. The van der Waals surface area contributed by atoms with Crippen LogP contribution < -0.4 is 10.1 Å². The molecule has 0 bridgehead atoms. The summed E-state index contributed by atoms with van der Waals surface area (Å²) in [5.41, 5.74) is 1.46. The maximum atomic E-state index is 12.8. The zero-order valence-electron chi connectivity index (χ0n) is 15.7. The molecule has 0 aliphatic carbocycles. The normalized spacial score (nSPS) is 10.2. The highest BCUT2D eigenvalue weighted by atomic mass is 16.5. The number of likely N-dealkylation sites (N-methyl/N-ethyl adjacent to an activating group) is 1. The van der Waals surface area contributed by atoms with Gasteiger partial charge in [-0.25, -0.2) is 0 Å². The lowest BCUT2D eigenvalue weighted by Gasteiger charge is -2.19. The lowest BCUT2D eigenvalue weighted by Crippen LogP contribution is -2.31. The molecule has 0 saturated carbocycles. The van der Waals surface area contributed by atoms with Gasteiger partial charge in [-0.15, -0.1) is 0 Å². The van der Waals surface area contributed by atoms with E-state index in [1.54, 1.807) is 60.5 Å². The number of nitrogens with zero attached hydrogens (tertiary/aromatic N) is 1. The van der Waals surface area contributed by atoms with Crippen molar-refractivity contribution in [3.8, 4) is 5.75 Å². The van der Waals surface area contributed by atoms with E-state index in [0.717, 1.165) is 5.75 Å². The van der Waals surface area contributed by atoms with Crippen LogP contribution in [-0.2, 0) is 0 Å². The zero-order chi connectivity index (χ0) is 19.8. The lowest BCUT2D eigenvalue weighted by atomic mass is 10.1. The zero-order valence-corrected chi connectivity index (χ0v) is 15.7. The number of para-hydroxylation sites is 2. The summed E-state index contributed by atoms with van der Waals surface area (Å²) in [7, 11) is 1.71. The largest absolute Gasteiger partial charge is 0.492 e. The molecule has 0 aliphatic rings. The monoisotopic (exact) mass is 374 g/mol. The highest BCUT2D eigenvalue weighted by Gasteiger charge is 2.17. The number of anilines is 1. The first-order valence-corrected chi connectivity index (χ1v) is 9.04. The van der Waals surface area contributed by atoms with Crippen molar-refractivity contribution in [2.75, 3.05) is 25.5 Å². The standard InChI is InChI=1S/C23H22N2O3/c1-25(16-17-28-19-12-6-3-7-13-19)23(27)20-14-8-9-15-21(20)24-22(26)18-10-4-2-5-11-18/h2-15H,16-17H2,1H3,(H,24,26). The summed E-state index contributed by atoms with van der Waals surface area (Å²) in [6, 6.07) is 25.4. The van der Waals surface area contributed by atoms with E-state index >= 15 is 0 Å². The molecule has 0 saturated heterocycles. The number of hydrogen-bond acceptors (Lipinski definition) is 3. The number of rotatable bonds is 7. The van der Waals surface area contributed by atoms with Crippen molar-refractivity contribution in [1.29, 1.82) is 0 Å². The van der Waals surface area contributed by atoms with Gasteiger partial charge >= 0.3 is 0 Å². The van der Waals surface area contributed by atoms with Gasteiger partial charge in [0.2, 0.25) is 0 Å². The van der Waals surface area contributed by atoms with Crippen LogP contribution in [0, 0.1) is 0 Å². The van der Waals surface area contributed by atoms with E-state index in [0.29, 0.717) is 30.0 Å². The molecule has 3 rings (SSSR count). The number of hydrogen-bond donors (Lipinski definition) is 1. The predicted octanol–water partition coefficient (Wildman–Crippen LogP) is 4.09. The average Bonchev–Trinajstić information content (AvgIpc) is 2.75. The number of nitrogens with one attached hydrogen (secondary N) is 1. The molecule has 0 aliphatic heterocycles. The number of amides is 2. The third-order valence-electron chi connectivity index (χ3n) is 4.23. The van der Waals surface area contributed by atoms with Crippen LogP contribution in [0.1, 0.15) is 20.7 Å². The van der Waals surface area contributed by atoms with E-state index < -0.39 is 0 Å². The number of benzene rings is 3. The Morgan fingerprint density at radius 3 is 2.18 bits per heavy atom. The first kappa shape index (κ1) is 19.2. The topological polar surface area (TPSA) is 58.6 Å². The van der Waals surface area contributed by atoms with Crippen molar-refractivity contribution in [1.82, 2.24) is 4.90 Å². The van der Waals surface area contributed by atoms with Crippen LogP contribution in [-0.4, -0.2) is 36.9 Å². The molecule has 0 fully saturated rings. The molecule has 0 radical (unpaired) electrons. The minimum Gasteiger partial charge on any atom is -0.492 e. The lowest BCUT2D eigenvalue weighted by molar-refractivity contribution is 0.0775. The van der Waals surface area contributed by atoms with E-state index in [1.165, 1.54) is 0 Å². The smallest absolute Gasteiger partial charge is 0.255 e. The van der Waals surface area contributed by atoms with Gasteiger partial charge in [0.1, 0.15) is 12.4 Å². The Kier molecular flexibility index (Phi) is 6.41. The van der Waals surface area contributed by atoms with E-state index in [4.69, 9.17) is 4.74 Å². The van der Waals surface area contributed by atoms with E-state index in [2.05, 4.69) is 5.32 Å². The second-order valence-corrected chi connectivity index (χ2v) is 6.25. The van der Waals surface area contributed by atoms with Crippen molar-refractivity contribution in [3.05, 3.63) is 96.1 Å². The van der Waals surface area contributed by atoms with Crippen molar-refractivity contribution < 1.29 is 14.3 Å². The molecule has 0 atom stereocenters. The van der Waals surface area contributed by atoms with Crippen LogP contribution in [0.4, 0.5) is 5.69 Å². The summed E-state index contributed by atoms with van der Waals surface area (Å²) in [6.45, 7) is 0.805. The second-order valence-electron chi connectivity index (χ2n) is 6.25. The first-order chi connectivity index (χ1) is 13.6. The van der Waals surface area contributed by atoms with Crippen LogP contribution in [0.5, 0.6) is 5.75 Å². The maximum Gasteiger partial charge on any atom is 0.255 e. The van der Waals surface area contributed by atoms with Crippen molar-refractivity contribution in [2.24, 2.45) is 0 Å². The van der Waals surface area contributed by atoms with Crippen molar-refractivity contribution in [2.45, 2.75) is 0 Å². The molecule has 0 unspecified atom stereocenters. The molecule has 28 heavy (non-hydrogen) atoms. The molecule has 2 amide bonds. The second kappa shape index (κ2) is 9.37. The fraction of sp³-hybridized carbons (Fsp3) is 0.130. The van der Waals surface area contributed by atoms with Gasteiger partial charge in [-0.3, -0.25) is 9.59 Å². The summed E-state index contributed by atoms with van der Waals surface area (Å²) in [5.74, 6) is 0.329. The Hall–Kier alpha value is -3.60. The van der Waals surface area contributed by atoms with E-state index in [9.17, 15) is 9.59 Å². The van der Waals surface area contributed by atoms with Crippen LogP contribution in [0.15, 0.2) is 84.9 Å². The van der Waals surface area contributed by atoms with Gasteiger partial charge in [-0.2, -0.15) is 0 Å². The van der Waals surface area contributed by atoms with E-state index in [1.807, 2.05) is 36.4 Å². The van der Waals surface area contributed by atoms with Gasteiger partial charge in [-0.1, -0.05) is 48.5 Å². The van der Waals surface area contributed by atoms with Crippen molar-refractivity contribution in [3.63, 3.8) is 0 Å². The third kappa shape index (κ3) is 4.98. The third-order valence-corrected chi connectivity index (χ3v) is 4.23. The Bertz CT molecular complexity index is 927. The Balaban J connectivity index is 1.64. The molecular weight excluding hydrogens is 352 g/mol. The molecule has 142 valence electrons. The average molecular weight is 374 g/mol. The van der Waals surface area contributed by atoms with Gasteiger partial charge in [0.05, 0.1) is 17.8 Å². The Morgan fingerprint density at radius 2 is 1.46 bits per heavy atom. The van der Waals surface area contributed by atoms with Gasteiger partial charge < -0.3 is 15.0 Å². The molecule has 5 heteroatoms. The molecule has 3 aromatic rings. The first-order valence-electron chi connectivity index (χ1n) is 9.04. The summed E-state index contributed by atoms with van der Waals surface area (Å²) in [6.07, 6.45) is 0.